The summed E-state index contributed by atoms with van der Waals surface area (Å²) in [5, 5.41) is 0. The molecular formula is C24H33NO4. The molecule has 0 fully saturated rings. The van der Waals surface area contributed by atoms with Gasteiger partial charge in [-0.2, -0.15) is 0 Å². The number of para-hydroxylation sites is 1. The first-order chi connectivity index (χ1) is 13.8. The van der Waals surface area contributed by atoms with Crippen molar-refractivity contribution in [3.63, 3.8) is 0 Å². The second-order valence-corrected chi connectivity index (χ2v) is 8.00. The van der Waals surface area contributed by atoms with Gasteiger partial charge in [0.15, 0.2) is 0 Å². The predicted molar refractivity (Wildman–Crippen MR) is 116 cm³/mol. The number of rotatable bonds is 10. The molecule has 1 unspecified atom stereocenters. The number of benzene rings is 2. The molecular weight excluding hydrogens is 366 g/mol. The van der Waals surface area contributed by atoms with Crippen LogP contribution < -0.4 is 4.90 Å². The Morgan fingerprint density at radius 3 is 2.31 bits per heavy atom. The van der Waals surface area contributed by atoms with E-state index in [4.69, 9.17) is 14.2 Å². The third kappa shape index (κ3) is 6.96. The van der Waals surface area contributed by atoms with Gasteiger partial charge in [-0.15, -0.1) is 0 Å². The first-order valence-corrected chi connectivity index (χ1v) is 9.97. The van der Waals surface area contributed by atoms with Crippen molar-refractivity contribution in [3.05, 3.63) is 65.7 Å². The monoisotopic (exact) mass is 399 g/mol. The second-order valence-electron chi connectivity index (χ2n) is 8.00. The Morgan fingerprint density at radius 1 is 1.00 bits per heavy atom. The van der Waals surface area contributed by atoms with Crippen molar-refractivity contribution in [2.24, 2.45) is 0 Å². The summed E-state index contributed by atoms with van der Waals surface area (Å²) in [5.74, 6) is -0.130. The summed E-state index contributed by atoms with van der Waals surface area (Å²) in [7, 11) is 1.63. The Balaban J connectivity index is 2.20. The van der Waals surface area contributed by atoms with E-state index in [1.54, 1.807) is 18.9 Å². The zero-order valence-electron chi connectivity index (χ0n) is 18.2. The van der Waals surface area contributed by atoms with Crippen molar-refractivity contribution >= 4 is 11.6 Å². The van der Waals surface area contributed by atoms with Gasteiger partial charge in [-0.25, -0.2) is 0 Å². The standard InChI is InChI=1S/C24H33NO4/c1-19(29-17-20-11-7-6-8-12-20)23(26)25(18-28-16-15-27-5)22-14-10-9-13-21(22)24(2,3)4/h6-14,19H,15-18H2,1-5H3. The van der Waals surface area contributed by atoms with Gasteiger partial charge >= 0.3 is 0 Å². The zero-order valence-corrected chi connectivity index (χ0v) is 18.2. The lowest BCUT2D eigenvalue weighted by atomic mass is 9.85. The molecule has 29 heavy (non-hydrogen) atoms. The number of hydrogen-bond acceptors (Lipinski definition) is 4. The van der Waals surface area contributed by atoms with Gasteiger partial charge in [-0.3, -0.25) is 9.69 Å². The summed E-state index contributed by atoms with van der Waals surface area (Å²) in [6.45, 7) is 9.61. The summed E-state index contributed by atoms with van der Waals surface area (Å²) in [6, 6.07) is 17.8. The molecule has 0 aliphatic heterocycles. The number of nitrogens with zero attached hydrogens (tertiary/aromatic N) is 1. The van der Waals surface area contributed by atoms with Crippen LogP contribution in [0.3, 0.4) is 0 Å². The van der Waals surface area contributed by atoms with Crippen LogP contribution in [0.25, 0.3) is 0 Å². The lowest BCUT2D eigenvalue weighted by Crippen LogP contribution is -2.42. The maximum Gasteiger partial charge on any atom is 0.257 e. The van der Waals surface area contributed by atoms with E-state index in [0.29, 0.717) is 19.8 Å². The van der Waals surface area contributed by atoms with Crippen LogP contribution in [0.5, 0.6) is 0 Å². The maximum absolute atomic E-state index is 13.3. The highest BCUT2D eigenvalue weighted by Crippen LogP contribution is 2.32. The first kappa shape index (κ1) is 23.1. The van der Waals surface area contributed by atoms with E-state index in [1.807, 2.05) is 48.5 Å². The van der Waals surface area contributed by atoms with Gasteiger partial charge in [0.05, 0.1) is 19.8 Å². The lowest BCUT2D eigenvalue weighted by Gasteiger charge is -2.31. The quantitative estimate of drug-likeness (QED) is 0.435. The minimum atomic E-state index is -0.603. The third-order valence-corrected chi connectivity index (χ3v) is 4.61. The smallest absolute Gasteiger partial charge is 0.257 e. The topological polar surface area (TPSA) is 48.0 Å². The van der Waals surface area contributed by atoms with Crippen LogP contribution >= 0.6 is 0 Å². The normalized spacial score (nSPS) is 12.6. The largest absolute Gasteiger partial charge is 0.382 e. The molecule has 2 aromatic carbocycles. The van der Waals surface area contributed by atoms with E-state index in [9.17, 15) is 4.79 Å². The molecule has 1 amide bonds. The van der Waals surface area contributed by atoms with Crippen molar-refractivity contribution in [2.75, 3.05) is 32.0 Å². The van der Waals surface area contributed by atoms with Crippen LogP contribution in [-0.2, 0) is 31.0 Å². The van der Waals surface area contributed by atoms with Gasteiger partial charge < -0.3 is 14.2 Å². The van der Waals surface area contributed by atoms with Gasteiger partial charge in [-0.1, -0.05) is 69.3 Å². The Labute approximate surface area is 174 Å². The molecule has 2 aromatic rings. The molecule has 0 aromatic heterocycles. The molecule has 0 saturated heterocycles. The molecule has 0 aliphatic rings. The average molecular weight is 400 g/mol. The van der Waals surface area contributed by atoms with Gasteiger partial charge in [0.1, 0.15) is 12.8 Å². The van der Waals surface area contributed by atoms with Gasteiger partial charge in [-0.05, 0) is 29.5 Å². The Morgan fingerprint density at radius 2 is 1.66 bits per heavy atom. The second kappa shape index (κ2) is 11.1. The number of anilines is 1. The summed E-state index contributed by atoms with van der Waals surface area (Å²) in [6.07, 6.45) is -0.603. The highest BCUT2D eigenvalue weighted by Gasteiger charge is 2.28. The number of amides is 1. The van der Waals surface area contributed by atoms with E-state index in [2.05, 4.69) is 26.8 Å². The van der Waals surface area contributed by atoms with Crippen LogP contribution in [-0.4, -0.2) is 39.1 Å². The molecule has 0 heterocycles. The van der Waals surface area contributed by atoms with E-state index in [-0.39, 0.29) is 18.1 Å². The summed E-state index contributed by atoms with van der Waals surface area (Å²) < 4.78 is 16.6. The third-order valence-electron chi connectivity index (χ3n) is 4.61. The fourth-order valence-electron chi connectivity index (χ4n) is 2.98. The van der Waals surface area contributed by atoms with E-state index >= 15 is 0 Å². The molecule has 158 valence electrons. The summed E-state index contributed by atoms with van der Waals surface area (Å²) in [4.78, 5) is 15.0. The van der Waals surface area contributed by atoms with Gasteiger partial charge in [0.25, 0.3) is 5.91 Å². The highest BCUT2D eigenvalue weighted by atomic mass is 16.5. The molecule has 2 rings (SSSR count). The molecule has 0 spiro atoms. The molecule has 0 saturated carbocycles. The Hall–Kier alpha value is -2.21. The van der Waals surface area contributed by atoms with Crippen LogP contribution in [0.1, 0.15) is 38.8 Å². The summed E-state index contributed by atoms with van der Waals surface area (Å²) in [5.41, 5.74) is 2.84. The van der Waals surface area contributed by atoms with Crippen molar-refractivity contribution in [1.82, 2.24) is 0 Å². The van der Waals surface area contributed by atoms with Gasteiger partial charge in [0, 0.05) is 12.8 Å². The van der Waals surface area contributed by atoms with Gasteiger partial charge in [0.2, 0.25) is 0 Å². The fraction of sp³-hybridized carbons (Fsp3) is 0.458. The van der Waals surface area contributed by atoms with Crippen LogP contribution in [0.2, 0.25) is 0 Å². The fourth-order valence-corrected chi connectivity index (χ4v) is 2.98. The van der Waals surface area contributed by atoms with E-state index < -0.39 is 6.10 Å². The minimum absolute atomic E-state index is 0.115. The molecule has 5 nitrogen and oxygen atoms in total. The number of carbonyl (C=O) groups is 1. The SMILES string of the molecule is COCCOCN(C(=O)C(C)OCc1ccccc1)c1ccccc1C(C)(C)C. The molecule has 5 heteroatoms. The maximum atomic E-state index is 13.3. The molecule has 0 N–H and O–H groups in total. The lowest BCUT2D eigenvalue weighted by molar-refractivity contribution is -0.131. The van der Waals surface area contributed by atoms with Crippen LogP contribution in [0.4, 0.5) is 5.69 Å². The number of hydrogen-bond donors (Lipinski definition) is 0. The summed E-state index contributed by atoms with van der Waals surface area (Å²) >= 11 is 0. The number of carbonyl (C=O) groups excluding carboxylic acids is 1. The van der Waals surface area contributed by atoms with Crippen molar-refractivity contribution < 1.29 is 19.0 Å². The van der Waals surface area contributed by atoms with Crippen LogP contribution in [0.15, 0.2) is 54.6 Å². The molecule has 0 bridgehead atoms. The first-order valence-electron chi connectivity index (χ1n) is 9.97. The number of methoxy groups -OCH3 is 1. The molecule has 0 aliphatic carbocycles. The van der Waals surface area contributed by atoms with Crippen molar-refractivity contribution in [3.8, 4) is 0 Å². The van der Waals surface area contributed by atoms with Crippen molar-refractivity contribution in [1.29, 1.82) is 0 Å². The van der Waals surface area contributed by atoms with Crippen LogP contribution in [0, 0.1) is 0 Å². The van der Waals surface area contributed by atoms with Crippen molar-refractivity contribution in [2.45, 2.75) is 45.8 Å². The minimum Gasteiger partial charge on any atom is -0.382 e. The van der Waals surface area contributed by atoms with E-state index in [1.165, 1.54) is 0 Å². The molecule has 1 atom stereocenters. The van der Waals surface area contributed by atoms with E-state index in [0.717, 1.165) is 16.8 Å². The predicted octanol–water partition coefficient (Wildman–Crippen LogP) is 4.54. The average Bonchev–Trinajstić information content (AvgIpc) is 2.72. The Bertz CT molecular complexity index is 755. The zero-order chi connectivity index (χ0) is 21.3. The Kier molecular flexibility index (Phi) is 8.83. The highest BCUT2D eigenvalue weighted by molar-refractivity contribution is 5.97. The number of ether oxygens (including phenoxy) is 3. The molecule has 0 radical (unpaired) electrons.